The Morgan fingerprint density at radius 3 is 2.81 bits per heavy atom. The Balaban J connectivity index is 1.80. The van der Waals surface area contributed by atoms with Gasteiger partial charge in [0.1, 0.15) is 5.69 Å². The van der Waals surface area contributed by atoms with Crippen molar-refractivity contribution in [3.8, 4) is 0 Å². The average Bonchev–Trinajstić information content (AvgIpc) is 2.67. The molecule has 0 radical (unpaired) electrons. The van der Waals surface area contributed by atoms with E-state index in [2.05, 4.69) is 27.1 Å². The first kappa shape index (κ1) is 18.8. The van der Waals surface area contributed by atoms with Crippen molar-refractivity contribution in [3.05, 3.63) is 47.3 Å². The van der Waals surface area contributed by atoms with Crippen LogP contribution in [0.1, 0.15) is 46.3 Å². The summed E-state index contributed by atoms with van der Waals surface area (Å²) in [6.45, 7) is 5.86. The zero-order valence-electron chi connectivity index (χ0n) is 15.9. The van der Waals surface area contributed by atoms with Gasteiger partial charge in [-0.25, -0.2) is 14.8 Å². The number of esters is 1. The summed E-state index contributed by atoms with van der Waals surface area (Å²) in [5, 5.41) is 2.79. The molecule has 7 nitrogen and oxygen atoms in total. The number of rotatable bonds is 4. The van der Waals surface area contributed by atoms with E-state index < -0.39 is 5.97 Å². The Kier molecular flexibility index (Phi) is 5.69. The summed E-state index contributed by atoms with van der Waals surface area (Å²) in [6, 6.07) is 8.27. The van der Waals surface area contributed by atoms with Crippen LogP contribution >= 0.6 is 0 Å². The summed E-state index contributed by atoms with van der Waals surface area (Å²) in [5.74, 6) is 0.385. The third-order valence-corrected chi connectivity index (χ3v) is 4.56. The molecule has 2 aromatic rings. The smallest absolute Gasteiger partial charge is 0.337 e. The zero-order valence-corrected chi connectivity index (χ0v) is 15.9. The summed E-state index contributed by atoms with van der Waals surface area (Å²) in [4.78, 5) is 35.4. The molecular formula is C20H24N4O3. The maximum atomic E-state index is 12.7. The number of benzene rings is 1. The molecule has 1 unspecified atom stereocenters. The molecular weight excluding hydrogens is 344 g/mol. The second-order valence-electron chi connectivity index (χ2n) is 6.91. The van der Waals surface area contributed by atoms with Gasteiger partial charge in [0, 0.05) is 24.5 Å². The molecule has 3 rings (SSSR count). The fourth-order valence-electron chi connectivity index (χ4n) is 3.22. The first-order valence-corrected chi connectivity index (χ1v) is 9.06. The molecule has 0 saturated carbocycles. The summed E-state index contributed by atoms with van der Waals surface area (Å²) in [5.41, 5.74) is 1.93. The molecule has 1 aromatic carbocycles. The van der Waals surface area contributed by atoms with Crippen molar-refractivity contribution < 1.29 is 14.3 Å². The van der Waals surface area contributed by atoms with Crippen molar-refractivity contribution in [1.82, 2.24) is 9.97 Å². The van der Waals surface area contributed by atoms with Gasteiger partial charge in [0.2, 0.25) is 5.95 Å². The normalized spacial score (nSPS) is 16.7. The molecule has 1 fully saturated rings. The number of nitrogens with one attached hydrogen (secondary N) is 1. The van der Waals surface area contributed by atoms with Crippen molar-refractivity contribution >= 4 is 23.5 Å². The van der Waals surface area contributed by atoms with Gasteiger partial charge in [-0.05, 0) is 49.9 Å². The molecule has 7 heteroatoms. The Labute approximate surface area is 158 Å². The predicted octanol–water partition coefficient (Wildman–Crippen LogP) is 3.06. The molecule has 1 aliphatic heterocycles. The van der Waals surface area contributed by atoms with Crippen LogP contribution in [0.4, 0.5) is 11.6 Å². The predicted molar refractivity (Wildman–Crippen MR) is 103 cm³/mol. The fraction of sp³-hybridized carbons (Fsp3) is 0.400. The standard InChI is InChI=1S/C20H24N4O3/c1-13-6-5-9-24(12-13)20-21-14(2)10-17(23-20)18(25)22-16-8-4-7-15(11-16)19(26)27-3/h4,7-8,10-11,13H,5-6,9,12H2,1-3H3,(H,22,25). The number of aromatic nitrogens is 2. The van der Waals surface area contributed by atoms with E-state index in [1.807, 2.05) is 6.92 Å². The maximum absolute atomic E-state index is 12.7. The van der Waals surface area contributed by atoms with Crippen molar-refractivity contribution in [2.24, 2.45) is 5.92 Å². The molecule has 142 valence electrons. The van der Waals surface area contributed by atoms with Crippen LogP contribution in [0, 0.1) is 12.8 Å². The summed E-state index contributed by atoms with van der Waals surface area (Å²) in [6.07, 6.45) is 2.30. The van der Waals surface area contributed by atoms with E-state index in [1.165, 1.54) is 13.5 Å². The third kappa shape index (κ3) is 4.61. The summed E-state index contributed by atoms with van der Waals surface area (Å²) < 4.78 is 4.71. The van der Waals surface area contributed by atoms with Gasteiger partial charge >= 0.3 is 5.97 Å². The van der Waals surface area contributed by atoms with Crippen LogP contribution in [0.3, 0.4) is 0 Å². The van der Waals surface area contributed by atoms with Gasteiger partial charge in [0.05, 0.1) is 12.7 Å². The van der Waals surface area contributed by atoms with Crippen LogP contribution in [0.25, 0.3) is 0 Å². The molecule has 1 atom stereocenters. The van der Waals surface area contributed by atoms with Crippen LogP contribution in [-0.4, -0.2) is 42.0 Å². The van der Waals surface area contributed by atoms with Gasteiger partial charge < -0.3 is 15.0 Å². The van der Waals surface area contributed by atoms with Crippen molar-refractivity contribution in [3.63, 3.8) is 0 Å². The zero-order chi connectivity index (χ0) is 19.4. The average molecular weight is 368 g/mol. The number of aryl methyl sites for hydroxylation is 1. The molecule has 0 aliphatic carbocycles. The van der Waals surface area contributed by atoms with E-state index in [-0.39, 0.29) is 5.91 Å². The number of carbonyl (C=O) groups excluding carboxylic acids is 2. The molecule has 1 saturated heterocycles. The van der Waals surface area contributed by atoms with Crippen LogP contribution in [0.15, 0.2) is 30.3 Å². The van der Waals surface area contributed by atoms with Crippen LogP contribution in [-0.2, 0) is 4.74 Å². The summed E-state index contributed by atoms with van der Waals surface area (Å²) >= 11 is 0. The highest BCUT2D eigenvalue weighted by Gasteiger charge is 2.20. The number of hydrogen-bond donors (Lipinski definition) is 1. The monoisotopic (exact) mass is 368 g/mol. The number of nitrogens with zero attached hydrogens (tertiary/aromatic N) is 3. The number of hydrogen-bond acceptors (Lipinski definition) is 6. The van der Waals surface area contributed by atoms with Gasteiger partial charge in [-0.1, -0.05) is 13.0 Å². The second kappa shape index (κ2) is 8.16. The van der Waals surface area contributed by atoms with E-state index >= 15 is 0 Å². The quantitative estimate of drug-likeness (QED) is 0.835. The Hall–Kier alpha value is -2.96. The van der Waals surface area contributed by atoms with Gasteiger partial charge in [-0.3, -0.25) is 4.79 Å². The van der Waals surface area contributed by atoms with E-state index in [1.54, 1.807) is 30.3 Å². The minimum absolute atomic E-state index is 0.305. The van der Waals surface area contributed by atoms with Crippen LogP contribution in [0.5, 0.6) is 0 Å². The minimum Gasteiger partial charge on any atom is -0.465 e. The molecule has 1 aromatic heterocycles. The Morgan fingerprint density at radius 2 is 2.07 bits per heavy atom. The van der Waals surface area contributed by atoms with Gasteiger partial charge in [0.25, 0.3) is 5.91 Å². The molecule has 27 heavy (non-hydrogen) atoms. The lowest BCUT2D eigenvalue weighted by Crippen LogP contribution is -2.36. The number of amides is 1. The van der Waals surface area contributed by atoms with E-state index in [0.29, 0.717) is 28.8 Å². The number of ether oxygens (including phenoxy) is 1. The van der Waals surface area contributed by atoms with Crippen LogP contribution in [0.2, 0.25) is 0 Å². The number of anilines is 2. The first-order chi connectivity index (χ1) is 13.0. The molecule has 0 spiro atoms. The van der Waals surface area contributed by atoms with E-state index in [9.17, 15) is 9.59 Å². The molecule has 1 aliphatic rings. The van der Waals surface area contributed by atoms with Crippen molar-refractivity contribution in [1.29, 1.82) is 0 Å². The van der Waals surface area contributed by atoms with Crippen molar-refractivity contribution in [2.45, 2.75) is 26.7 Å². The maximum Gasteiger partial charge on any atom is 0.337 e. The van der Waals surface area contributed by atoms with Gasteiger partial charge in [-0.15, -0.1) is 0 Å². The number of methoxy groups -OCH3 is 1. The lowest BCUT2D eigenvalue weighted by Gasteiger charge is -2.31. The molecule has 2 heterocycles. The SMILES string of the molecule is COC(=O)c1cccc(NC(=O)c2cc(C)nc(N3CCCC(C)C3)n2)c1. The first-order valence-electron chi connectivity index (χ1n) is 9.06. The fourth-order valence-corrected chi connectivity index (χ4v) is 3.22. The number of piperidine rings is 1. The molecule has 0 bridgehead atoms. The second-order valence-corrected chi connectivity index (χ2v) is 6.91. The number of carbonyl (C=O) groups is 2. The Morgan fingerprint density at radius 1 is 1.26 bits per heavy atom. The summed E-state index contributed by atoms with van der Waals surface area (Å²) in [7, 11) is 1.32. The molecule has 1 amide bonds. The minimum atomic E-state index is -0.453. The van der Waals surface area contributed by atoms with Crippen LogP contribution < -0.4 is 10.2 Å². The highest BCUT2D eigenvalue weighted by atomic mass is 16.5. The lowest BCUT2D eigenvalue weighted by atomic mass is 10.0. The lowest BCUT2D eigenvalue weighted by molar-refractivity contribution is 0.0600. The largest absolute Gasteiger partial charge is 0.465 e. The van der Waals surface area contributed by atoms with Gasteiger partial charge in [0.15, 0.2) is 0 Å². The van der Waals surface area contributed by atoms with Crippen molar-refractivity contribution in [2.75, 3.05) is 30.4 Å². The highest BCUT2D eigenvalue weighted by molar-refractivity contribution is 6.03. The van der Waals surface area contributed by atoms with Gasteiger partial charge in [-0.2, -0.15) is 0 Å². The topological polar surface area (TPSA) is 84.4 Å². The van der Waals surface area contributed by atoms with E-state index in [0.717, 1.165) is 25.2 Å². The van der Waals surface area contributed by atoms with E-state index in [4.69, 9.17) is 4.74 Å². The molecule has 1 N–H and O–H groups in total. The Bertz CT molecular complexity index is 853. The highest BCUT2D eigenvalue weighted by Crippen LogP contribution is 2.21. The third-order valence-electron chi connectivity index (χ3n) is 4.56.